The molecule has 7 fully saturated rings. The zero-order valence-corrected chi connectivity index (χ0v) is 45.8. The standard InChI is InChI=1S/C20H27F3O6.C19H22F6O5.C12H18F6O3/c1-5-16(3,4)14(25)28-18-7-13-6-17(9-18,27-12(2)24)10-19(8-13,11-18)29-15(26)20(21,22)23;1-4-17(2,3)16(28)30-14-7-5-8-12(15(27)29-13(8)14)11(7)9(26)6-10(18(20,21)22)19(23,24)25;1-6-8(2,3)7(19)21-9(4,5)10(20,11(13,14)15)12(16,17)18/h13H,5-11H2,1-4H3;7-8,10-14H,4-6H2,1-3H3;20H,6H2,1-5H3. The van der Waals surface area contributed by atoms with Crippen LogP contribution in [0.5, 0.6) is 0 Å². The first kappa shape index (κ1) is 67.9. The normalized spacial score (nSPS) is 29.4. The predicted molar refractivity (Wildman–Crippen MR) is 242 cm³/mol. The van der Waals surface area contributed by atoms with Crippen molar-refractivity contribution in [1.29, 1.82) is 0 Å². The maximum Gasteiger partial charge on any atom is 0.490 e. The van der Waals surface area contributed by atoms with Crippen LogP contribution in [0.3, 0.4) is 0 Å². The molecule has 1 N–H and O–H groups in total. The number of ether oxygens (including phenoxy) is 6. The predicted octanol–water partition coefficient (Wildman–Crippen LogP) is 11.3. The molecule has 14 nitrogen and oxygen atoms in total. The fraction of sp³-hybridized carbons (Fsp3) is 0.863. The van der Waals surface area contributed by atoms with E-state index in [2.05, 4.69) is 4.74 Å². The number of alkyl halides is 15. The van der Waals surface area contributed by atoms with Crippen molar-refractivity contribution >= 4 is 41.6 Å². The molecule has 6 aliphatic carbocycles. The molecule has 0 radical (unpaired) electrons. The molecule has 0 aromatic carbocycles. The summed E-state index contributed by atoms with van der Waals surface area (Å²) in [6, 6.07) is 0. The molecule has 6 bridgehead atoms. The van der Waals surface area contributed by atoms with Gasteiger partial charge in [-0.15, -0.1) is 0 Å². The summed E-state index contributed by atoms with van der Waals surface area (Å²) in [4.78, 5) is 85.2. The second kappa shape index (κ2) is 21.9. The van der Waals surface area contributed by atoms with Crippen LogP contribution < -0.4 is 0 Å². The van der Waals surface area contributed by atoms with E-state index in [1.807, 2.05) is 6.92 Å². The van der Waals surface area contributed by atoms with E-state index in [0.29, 0.717) is 39.5 Å². The Morgan fingerprint density at radius 2 is 1.00 bits per heavy atom. The Hall–Kier alpha value is -4.60. The van der Waals surface area contributed by atoms with Crippen molar-refractivity contribution < 1.29 is 133 Å². The molecule has 6 saturated carbocycles. The van der Waals surface area contributed by atoms with E-state index in [1.165, 1.54) is 27.7 Å². The highest BCUT2D eigenvalue weighted by Gasteiger charge is 2.79. The largest absolute Gasteiger partial charge is 0.490 e. The lowest BCUT2D eigenvalue weighted by Crippen LogP contribution is -2.70. The summed E-state index contributed by atoms with van der Waals surface area (Å²) >= 11 is 0. The van der Waals surface area contributed by atoms with Crippen LogP contribution in [0.25, 0.3) is 0 Å². The van der Waals surface area contributed by atoms with Gasteiger partial charge in [0, 0.05) is 50.4 Å². The highest BCUT2D eigenvalue weighted by atomic mass is 19.4. The summed E-state index contributed by atoms with van der Waals surface area (Å²) in [6.07, 6.45) is -29.7. The maximum atomic E-state index is 12.9. The third-order valence-electron chi connectivity index (χ3n) is 16.8. The number of esters is 6. The van der Waals surface area contributed by atoms with Gasteiger partial charge in [0.2, 0.25) is 0 Å². The van der Waals surface area contributed by atoms with Crippen molar-refractivity contribution in [3.05, 3.63) is 0 Å². The van der Waals surface area contributed by atoms with Gasteiger partial charge in [0.15, 0.2) is 11.5 Å². The number of fused-ring (bicyclic) bond motifs is 1. The third-order valence-corrected chi connectivity index (χ3v) is 16.8. The number of carbonyl (C=O) groups excluding carboxylic acids is 7. The number of halogens is 15. The third kappa shape index (κ3) is 13.6. The number of aliphatic hydroxyl groups is 1. The average Bonchev–Trinajstić information content (AvgIpc) is 3.89. The minimum atomic E-state index is -6.06. The first-order valence-electron chi connectivity index (χ1n) is 25.6. The van der Waals surface area contributed by atoms with E-state index in [9.17, 15) is 105 Å². The lowest BCUT2D eigenvalue weighted by atomic mass is 9.50. The summed E-state index contributed by atoms with van der Waals surface area (Å²) in [5.41, 5.74) is -15.1. The van der Waals surface area contributed by atoms with Crippen molar-refractivity contribution in [3.63, 3.8) is 0 Å². The lowest BCUT2D eigenvalue weighted by molar-refractivity contribution is -0.408. The Bertz CT molecular complexity index is 2340. The van der Waals surface area contributed by atoms with Crippen LogP contribution in [-0.2, 0) is 62.0 Å². The number of carbonyl (C=O) groups is 7. The van der Waals surface area contributed by atoms with Gasteiger partial charge in [-0.05, 0) is 106 Å². The number of hydrogen-bond donors (Lipinski definition) is 1. The molecule has 10 atom stereocenters. The van der Waals surface area contributed by atoms with Gasteiger partial charge in [0.1, 0.15) is 34.8 Å². The molecule has 29 heteroatoms. The van der Waals surface area contributed by atoms with E-state index in [4.69, 9.17) is 23.7 Å². The van der Waals surface area contributed by atoms with Crippen LogP contribution >= 0.6 is 0 Å². The molecular formula is C51H67F15O14. The molecule has 0 spiro atoms. The van der Waals surface area contributed by atoms with E-state index in [0.717, 1.165) is 0 Å². The van der Waals surface area contributed by atoms with Crippen LogP contribution in [0.1, 0.15) is 154 Å². The summed E-state index contributed by atoms with van der Waals surface area (Å²) in [5, 5.41) is 9.27. The minimum absolute atomic E-state index is 0.0195. The van der Waals surface area contributed by atoms with Crippen LogP contribution in [0.4, 0.5) is 65.9 Å². The van der Waals surface area contributed by atoms with Crippen molar-refractivity contribution in [3.8, 4) is 0 Å². The van der Waals surface area contributed by atoms with Crippen molar-refractivity contribution in [1.82, 2.24) is 0 Å². The fourth-order valence-electron chi connectivity index (χ4n) is 11.8. The van der Waals surface area contributed by atoms with Crippen LogP contribution in [-0.4, -0.2) is 118 Å². The molecule has 80 heavy (non-hydrogen) atoms. The van der Waals surface area contributed by atoms with Gasteiger partial charge in [-0.25, -0.2) is 4.79 Å². The van der Waals surface area contributed by atoms with Crippen LogP contribution in [0, 0.1) is 51.8 Å². The molecule has 1 heterocycles. The number of Topliss-reactive ketones (excluding diaryl/α,β-unsaturated/α-hetero) is 1. The van der Waals surface area contributed by atoms with Crippen molar-refractivity contribution in [2.24, 2.45) is 51.8 Å². The van der Waals surface area contributed by atoms with E-state index in [-0.39, 0.29) is 44.4 Å². The Morgan fingerprint density at radius 1 is 0.600 bits per heavy atom. The summed E-state index contributed by atoms with van der Waals surface area (Å²) in [7, 11) is 0. The molecule has 460 valence electrons. The molecule has 10 unspecified atom stereocenters. The van der Waals surface area contributed by atoms with E-state index in [1.54, 1.807) is 34.6 Å². The zero-order valence-electron chi connectivity index (χ0n) is 45.8. The van der Waals surface area contributed by atoms with Gasteiger partial charge >= 0.3 is 66.7 Å². The molecule has 7 rings (SSSR count). The highest BCUT2D eigenvalue weighted by Crippen LogP contribution is 2.64. The lowest BCUT2D eigenvalue weighted by Gasteiger charge is -2.63. The fourth-order valence-corrected chi connectivity index (χ4v) is 11.8. The van der Waals surface area contributed by atoms with Gasteiger partial charge in [0.05, 0.1) is 22.2 Å². The zero-order chi connectivity index (χ0) is 62.2. The Kier molecular flexibility index (Phi) is 18.6. The van der Waals surface area contributed by atoms with Gasteiger partial charge in [-0.3, -0.25) is 28.8 Å². The maximum absolute atomic E-state index is 12.9. The summed E-state index contributed by atoms with van der Waals surface area (Å²) in [5.74, 6) is -15.2. The molecule has 1 saturated heterocycles. The number of ketones is 1. The Balaban J connectivity index is 0.000000263. The van der Waals surface area contributed by atoms with Gasteiger partial charge in [-0.1, -0.05) is 20.8 Å². The summed E-state index contributed by atoms with van der Waals surface area (Å²) < 4.78 is 224. The quantitative estimate of drug-likeness (QED) is 0.0924. The van der Waals surface area contributed by atoms with Crippen molar-refractivity contribution in [2.45, 2.75) is 225 Å². The second-order valence-electron chi connectivity index (χ2n) is 24.4. The smallest absolute Gasteiger partial charge is 0.459 e. The van der Waals surface area contributed by atoms with E-state index >= 15 is 0 Å². The van der Waals surface area contributed by atoms with Crippen LogP contribution in [0.15, 0.2) is 0 Å². The average molecular weight is 1190 g/mol. The molecule has 1 aliphatic heterocycles. The van der Waals surface area contributed by atoms with E-state index < -0.39 is 165 Å². The molecule has 7 aliphatic rings. The number of rotatable bonds is 15. The first-order valence-corrected chi connectivity index (χ1v) is 25.6. The minimum Gasteiger partial charge on any atom is -0.459 e. The monoisotopic (exact) mass is 1190 g/mol. The Labute approximate surface area is 450 Å². The first-order chi connectivity index (χ1) is 35.7. The Morgan fingerprint density at radius 3 is 1.39 bits per heavy atom. The van der Waals surface area contributed by atoms with Gasteiger partial charge < -0.3 is 33.5 Å². The highest BCUT2D eigenvalue weighted by molar-refractivity contribution is 5.90. The van der Waals surface area contributed by atoms with Crippen molar-refractivity contribution in [2.75, 3.05) is 0 Å². The van der Waals surface area contributed by atoms with Gasteiger partial charge in [-0.2, -0.15) is 65.9 Å². The molecule has 0 aromatic rings. The molecule has 0 aromatic heterocycles. The van der Waals surface area contributed by atoms with Gasteiger partial charge in [0.25, 0.3) is 5.60 Å². The number of hydrogen-bond acceptors (Lipinski definition) is 14. The summed E-state index contributed by atoms with van der Waals surface area (Å²) in [6.45, 7) is 16.4. The molecular weight excluding hydrogens is 1120 g/mol. The topological polar surface area (TPSA) is 195 Å². The second-order valence-corrected chi connectivity index (χ2v) is 24.4. The SMILES string of the molecule is CCC(C)(C)C(=O)OC(C)(C)C(O)(C(F)(F)F)C(F)(F)F.CCC(C)(C)C(=O)OC12CC3CC(OC(C)=O)(CC(OC(=O)C(F)(F)F)(C3)C1)C2.CCC(C)(C)C(=O)OC1C2CC3C1OC(=O)C3C2C(=O)CC(C(F)(F)F)C(F)(F)F. The van der Waals surface area contributed by atoms with Crippen LogP contribution in [0.2, 0.25) is 0 Å². The molecule has 0 amide bonds.